The largest absolute Gasteiger partial charge is 0.482 e. The molecule has 0 atom stereocenters. The molecule has 3 heterocycles. The Hall–Kier alpha value is -2.60. The number of fused-ring (bicyclic) bond motifs is 1. The molecule has 2 aliphatic rings. The summed E-state index contributed by atoms with van der Waals surface area (Å²) in [4.78, 5) is 14.9. The summed E-state index contributed by atoms with van der Waals surface area (Å²) < 4.78 is 8.39. The van der Waals surface area contributed by atoms with Gasteiger partial charge in [0.25, 0.3) is 0 Å². The van der Waals surface area contributed by atoms with E-state index in [1.54, 1.807) is 0 Å². The van der Waals surface area contributed by atoms with Gasteiger partial charge in [-0.15, -0.1) is 0 Å². The number of likely N-dealkylation sites (tertiary alicyclic amines) is 1. The Morgan fingerprint density at radius 1 is 1.17 bits per heavy atom. The van der Waals surface area contributed by atoms with Crippen molar-refractivity contribution >= 4 is 17.7 Å². The zero-order valence-corrected chi connectivity index (χ0v) is 18.7. The summed E-state index contributed by atoms with van der Waals surface area (Å²) in [5.41, 5.74) is 6.16. The Bertz CT molecular complexity index is 997. The zero-order chi connectivity index (χ0) is 21.5. The number of anilines is 1. The molecule has 4 rings (SSSR count). The Morgan fingerprint density at radius 3 is 2.53 bits per heavy atom. The van der Waals surface area contributed by atoms with Crippen molar-refractivity contribution in [2.45, 2.75) is 59.6 Å². The highest BCUT2D eigenvalue weighted by Crippen LogP contribution is 2.38. The van der Waals surface area contributed by atoms with Crippen LogP contribution < -0.4 is 10.1 Å². The fourth-order valence-electron chi connectivity index (χ4n) is 4.45. The highest BCUT2D eigenvalue weighted by molar-refractivity contribution is 5.93. The number of hydrogen-bond donors (Lipinski definition) is 1. The van der Waals surface area contributed by atoms with Crippen LogP contribution in [0.25, 0.3) is 6.08 Å². The van der Waals surface area contributed by atoms with Crippen molar-refractivity contribution in [1.82, 2.24) is 14.7 Å². The summed E-state index contributed by atoms with van der Waals surface area (Å²) in [6.45, 7) is 13.1. The van der Waals surface area contributed by atoms with Gasteiger partial charge in [-0.25, -0.2) is 0 Å². The van der Waals surface area contributed by atoms with Crippen LogP contribution in [0.1, 0.15) is 47.8 Å². The second-order valence-corrected chi connectivity index (χ2v) is 8.66. The number of ether oxygens (including phenoxy) is 1. The molecule has 1 aromatic heterocycles. The second-order valence-electron chi connectivity index (χ2n) is 8.66. The highest BCUT2D eigenvalue weighted by atomic mass is 16.5. The number of aromatic nitrogens is 2. The molecule has 0 bridgehead atoms. The van der Waals surface area contributed by atoms with Crippen molar-refractivity contribution in [2.75, 3.05) is 25.0 Å². The molecule has 6 heteroatoms. The van der Waals surface area contributed by atoms with Crippen molar-refractivity contribution in [2.24, 2.45) is 0 Å². The average Bonchev–Trinajstić information content (AvgIpc) is 2.99. The predicted molar refractivity (Wildman–Crippen MR) is 120 cm³/mol. The number of nitrogens with zero attached hydrogens (tertiary/aromatic N) is 3. The first kappa shape index (κ1) is 20.7. The summed E-state index contributed by atoms with van der Waals surface area (Å²) >= 11 is 0. The Balaban J connectivity index is 1.36. The van der Waals surface area contributed by atoms with Gasteiger partial charge in [-0.3, -0.25) is 14.4 Å². The first-order chi connectivity index (χ1) is 14.3. The fraction of sp³-hybridized carbons (Fsp3) is 0.500. The number of rotatable bonds is 4. The van der Waals surface area contributed by atoms with Crippen LogP contribution >= 0.6 is 0 Å². The van der Waals surface area contributed by atoms with Crippen LogP contribution in [0.2, 0.25) is 0 Å². The number of benzene rings is 1. The van der Waals surface area contributed by atoms with Crippen LogP contribution in [0.15, 0.2) is 18.2 Å². The van der Waals surface area contributed by atoms with E-state index in [9.17, 15) is 4.79 Å². The molecule has 2 aromatic rings. The molecule has 0 aliphatic carbocycles. The van der Waals surface area contributed by atoms with E-state index in [0.29, 0.717) is 6.54 Å². The SMILES string of the molecule is CCn1nc(C)c(NC(=O)CN2CCC3(C=Cc4cc(C)c(C)cc4O3)CC2)c1C. The Labute approximate surface area is 178 Å². The number of piperidine rings is 1. The number of nitrogens with one attached hydrogen (secondary N) is 1. The molecule has 0 radical (unpaired) electrons. The van der Waals surface area contributed by atoms with Gasteiger partial charge in [-0.2, -0.15) is 5.10 Å². The molecule has 1 spiro atoms. The van der Waals surface area contributed by atoms with Gasteiger partial charge in [-0.1, -0.05) is 6.08 Å². The number of aryl methyl sites for hydroxylation is 4. The van der Waals surface area contributed by atoms with Gasteiger partial charge >= 0.3 is 0 Å². The topological polar surface area (TPSA) is 59.4 Å². The second kappa shape index (κ2) is 7.91. The standard InChI is InChI=1S/C24H32N4O2/c1-6-28-19(5)23(18(4)26-28)25-22(29)15-27-11-9-24(10-12-27)8-7-20-13-16(2)17(3)14-21(20)30-24/h7-8,13-14H,6,9-12,15H2,1-5H3,(H,25,29). The molecule has 2 aliphatic heterocycles. The number of carbonyl (C=O) groups is 1. The lowest BCUT2D eigenvalue weighted by Gasteiger charge is -2.41. The highest BCUT2D eigenvalue weighted by Gasteiger charge is 2.37. The molecule has 1 fully saturated rings. The van der Waals surface area contributed by atoms with E-state index in [1.165, 1.54) is 11.1 Å². The summed E-state index contributed by atoms with van der Waals surface area (Å²) in [7, 11) is 0. The quantitative estimate of drug-likeness (QED) is 0.830. The van der Waals surface area contributed by atoms with Gasteiger partial charge in [0.15, 0.2) is 0 Å². The van der Waals surface area contributed by atoms with Crippen LogP contribution in [0.3, 0.4) is 0 Å². The number of amides is 1. The van der Waals surface area contributed by atoms with Gasteiger partial charge in [0.1, 0.15) is 11.4 Å². The van der Waals surface area contributed by atoms with E-state index in [2.05, 4.69) is 60.4 Å². The average molecular weight is 409 g/mol. The normalized spacial score (nSPS) is 17.6. The van der Waals surface area contributed by atoms with Gasteiger partial charge in [0.05, 0.1) is 23.6 Å². The maximum Gasteiger partial charge on any atom is 0.238 e. The van der Waals surface area contributed by atoms with Crippen LogP contribution in [0, 0.1) is 27.7 Å². The van der Waals surface area contributed by atoms with E-state index in [0.717, 1.165) is 60.9 Å². The molecular weight excluding hydrogens is 376 g/mol. The molecular formula is C24H32N4O2. The molecule has 1 aromatic carbocycles. The van der Waals surface area contributed by atoms with Crippen molar-refractivity contribution in [1.29, 1.82) is 0 Å². The van der Waals surface area contributed by atoms with Gasteiger partial charge < -0.3 is 10.1 Å². The van der Waals surface area contributed by atoms with Gasteiger partial charge in [0.2, 0.25) is 5.91 Å². The lowest BCUT2D eigenvalue weighted by Crippen LogP contribution is -2.49. The van der Waals surface area contributed by atoms with Gasteiger partial charge in [0, 0.05) is 38.0 Å². The Kier molecular flexibility index (Phi) is 5.45. The minimum absolute atomic E-state index is 0.0179. The number of carbonyl (C=O) groups excluding carboxylic acids is 1. The van der Waals surface area contributed by atoms with E-state index >= 15 is 0 Å². The molecule has 1 amide bonds. The van der Waals surface area contributed by atoms with Crippen LogP contribution in [0.4, 0.5) is 5.69 Å². The number of hydrogen-bond acceptors (Lipinski definition) is 4. The van der Waals surface area contributed by atoms with Crippen LogP contribution in [0.5, 0.6) is 5.75 Å². The first-order valence-electron chi connectivity index (χ1n) is 10.9. The summed E-state index contributed by atoms with van der Waals surface area (Å²) in [5, 5.41) is 7.55. The van der Waals surface area contributed by atoms with Gasteiger partial charge in [-0.05, 0) is 64.0 Å². The van der Waals surface area contributed by atoms with Crippen LogP contribution in [-0.4, -0.2) is 45.8 Å². The molecule has 30 heavy (non-hydrogen) atoms. The predicted octanol–water partition coefficient (Wildman–Crippen LogP) is 4.02. The van der Waals surface area contributed by atoms with Crippen molar-refractivity contribution < 1.29 is 9.53 Å². The molecule has 1 saturated heterocycles. The maximum atomic E-state index is 12.6. The van der Waals surface area contributed by atoms with Crippen LogP contribution in [-0.2, 0) is 11.3 Å². The lowest BCUT2D eigenvalue weighted by atomic mass is 9.87. The first-order valence-corrected chi connectivity index (χ1v) is 10.9. The monoisotopic (exact) mass is 408 g/mol. The minimum atomic E-state index is -0.253. The molecule has 0 saturated carbocycles. The van der Waals surface area contributed by atoms with Crippen molar-refractivity contribution in [3.05, 3.63) is 46.3 Å². The van der Waals surface area contributed by atoms with Crippen molar-refractivity contribution in [3.8, 4) is 5.75 Å². The van der Waals surface area contributed by atoms with E-state index < -0.39 is 0 Å². The van der Waals surface area contributed by atoms with Crippen molar-refractivity contribution in [3.63, 3.8) is 0 Å². The summed E-state index contributed by atoms with van der Waals surface area (Å²) in [6, 6.07) is 4.34. The lowest BCUT2D eigenvalue weighted by molar-refractivity contribution is -0.118. The smallest absolute Gasteiger partial charge is 0.238 e. The van der Waals surface area contributed by atoms with E-state index in [1.807, 2.05) is 18.5 Å². The maximum absolute atomic E-state index is 12.6. The summed E-state index contributed by atoms with van der Waals surface area (Å²) in [6.07, 6.45) is 6.18. The fourth-order valence-corrected chi connectivity index (χ4v) is 4.45. The van der Waals surface area contributed by atoms with E-state index in [-0.39, 0.29) is 11.5 Å². The zero-order valence-electron chi connectivity index (χ0n) is 18.7. The third kappa shape index (κ3) is 3.88. The third-order valence-corrected chi connectivity index (χ3v) is 6.52. The molecule has 160 valence electrons. The summed E-state index contributed by atoms with van der Waals surface area (Å²) in [5.74, 6) is 0.995. The minimum Gasteiger partial charge on any atom is -0.482 e. The molecule has 1 N–H and O–H groups in total. The van der Waals surface area contributed by atoms with E-state index in [4.69, 9.17) is 4.74 Å². The molecule has 6 nitrogen and oxygen atoms in total. The Morgan fingerprint density at radius 2 is 1.87 bits per heavy atom. The third-order valence-electron chi connectivity index (χ3n) is 6.52. The molecule has 0 unspecified atom stereocenters.